The first-order valence-electron chi connectivity index (χ1n) is 8.83. The summed E-state index contributed by atoms with van der Waals surface area (Å²) in [4.78, 5) is 12.3. The third-order valence-corrected chi connectivity index (χ3v) is 5.55. The van der Waals surface area contributed by atoms with Gasteiger partial charge in [0.1, 0.15) is 17.2 Å². The molecule has 0 saturated carbocycles. The number of carbonyl (C=O) groups excluding carboxylic acids is 1. The van der Waals surface area contributed by atoms with Crippen molar-refractivity contribution in [3.05, 3.63) is 48.0 Å². The van der Waals surface area contributed by atoms with Crippen LogP contribution in [0.25, 0.3) is 0 Å². The molecule has 0 spiro atoms. The highest BCUT2D eigenvalue weighted by molar-refractivity contribution is 7.92. The van der Waals surface area contributed by atoms with Crippen LogP contribution in [0.5, 0.6) is 17.2 Å². The molecule has 158 valence electrons. The van der Waals surface area contributed by atoms with E-state index in [2.05, 4.69) is 5.32 Å². The Bertz CT molecular complexity index is 944. The van der Waals surface area contributed by atoms with Gasteiger partial charge in [0, 0.05) is 12.6 Å². The van der Waals surface area contributed by atoms with Gasteiger partial charge in [-0.15, -0.1) is 0 Å². The fourth-order valence-corrected chi connectivity index (χ4v) is 3.14. The van der Waals surface area contributed by atoms with Gasteiger partial charge in [-0.3, -0.25) is 9.10 Å². The first-order valence-corrected chi connectivity index (χ1v) is 10.7. The van der Waals surface area contributed by atoms with Crippen molar-refractivity contribution in [3.8, 4) is 17.2 Å². The molecule has 1 N–H and O–H groups in total. The van der Waals surface area contributed by atoms with E-state index in [1.54, 1.807) is 50.6 Å². The molecule has 0 heterocycles. The lowest BCUT2D eigenvalue weighted by atomic mass is 10.1. The van der Waals surface area contributed by atoms with E-state index in [1.807, 2.05) is 13.0 Å². The normalized spacial score (nSPS) is 12.0. The molecule has 1 atom stereocenters. The van der Waals surface area contributed by atoms with E-state index in [4.69, 9.17) is 14.2 Å². The molecule has 0 bridgehead atoms. The van der Waals surface area contributed by atoms with Crippen LogP contribution in [0, 0.1) is 0 Å². The molecule has 0 aromatic heterocycles. The fraction of sp³-hybridized carbons (Fsp3) is 0.350. The lowest BCUT2D eigenvalue weighted by Crippen LogP contribution is -2.31. The van der Waals surface area contributed by atoms with Crippen LogP contribution in [0.2, 0.25) is 0 Å². The molecule has 0 saturated heterocycles. The molecule has 2 aromatic carbocycles. The average Bonchev–Trinajstić information content (AvgIpc) is 2.70. The van der Waals surface area contributed by atoms with E-state index in [0.717, 1.165) is 16.1 Å². The maximum Gasteiger partial charge on any atom is 0.258 e. The molecule has 0 radical (unpaired) electrons. The standard InChI is InChI=1S/C20H26N2O6S/c1-14(18-12-17(26-3)10-11-19(18)27-4)21-20(23)13-28-16-8-6-15(7-9-16)22(2)29(5,24)25/h6-12,14H,13H2,1-5H3,(H,21,23)/t14-/m1/s1. The van der Waals surface area contributed by atoms with Gasteiger partial charge >= 0.3 is 0 Å². The quantitative estimate of drug-likeness (QED) is 0.667. The number of carbonyl (C=O) groups is 1. The van der Waals surface area contributed by atoms with Gasteiger partial charge < -0.3 is 19.5 Å². The van der Waals surface area contributed by atoms with Crippen molar-refractivity contribution in [2.24, 2.45) is 0 Å². The Kier molecular flexibility index (Phi) is 7.33. The van der Waals surface area contributed by atoms with Crippen molar-refractivity contribution in [1.82, 2.24) is 5.32 Å². The van der Waals surface area contributed by atoms with Crippen LogP contribution in [-0.4, -0.2) is 48.5 Å². The highest BCUT2D eigenvalue weighted by atomic mass is 32.2. The second-order valence-corrected chi connectivity index (χ2v) is 8.42. The Morgan fingerprint density at radius 2 is 1.69 bits per heavy atom. The molecule has 8 nitrogen and oxygen atoms in total. The van der Waals surface area contributed by atoms with Gasteiger partial charge in [0.05, 0.1) is 32.2 Å². The third kappa shape index (κ3) is 6.02. The Morgan fingerprint density at radius 1 is 1.07 bits per heavy atom. The largest absolute Gasteiger partial charge is 0.497 e. The topological polar surface area (TPSA) is 94.2 Å². The van der Waals surface area contributed by atoms with Crippen molar-refractivity contribution in [2.75, 3.05) is 38.4 Å². The molecule has 0 aliphatic rings. The minimum atomic E-state index is -3.34. The lowest BCUT2D eigenvalue weighted by Gasteiger charge is -2.19. The van der Waals surface area contributed by atoms with Crippen LogP contribution in [0.4, 0.5) is 5.69 Å². The maximum atomic E-state index is 12.3. The van der Waals surface area contributed by atoms with E-state index in [-0.39, 0.29) is 18.6 Å². The first-order chi connectivity index (χ1) is 13.7. The van der Waals surface area contributed by atoms with E-state index >= 15 is 0 Å². The van der Waals surface area contributed by atoms with Gasteiger partial charge in [-0.25, -0.2) is 8.42 Å². The lowest BCUT2D eigenvalue weighted by molar-refractivity contribution is -0.123. The molecule has 9 heteroatoms. The number of ether oxygens (including phenoxy) is 3. The average molecular weight is 423 g/mol. The molecule has 0 aliphatic carbocycles. The number of methoxy groups -OCH3 is 2. The van der Waals surface area contributed by atoms with Crippen molar-refractivity contribution in [3.63, 3.8) is 0 Å². The number of nitrogens with one attached hydrogen (secondary N) is 1. The number of sulfonamides is 1. The number of nitrogens with zero attached hydrogens (tertiary/aromatic N) is 1. The molecule has 29 heavy (non-hydrogen) atoms. The molecule has 0 unspecified atom stereocenters. The Balaban J connectivity index is 1.96. The van der Waals surface area contributed by atoms with Crippen molar-refractivity contribution >= 4 is 21.6 Å². The van der Waals surface area contributed by atoms with Crippen LogP contribution >= 0.6 is 0 Å². The van der Waals surface area contributed by atoms with Gasteiger partial charge in [-0.1, -0.05) is 0 Å². The second-order valence-electron chi connectivity index (χ2n) is 6.41. The van der Waals surface area contributed by atoms with Gasteiger partial charge in [0.2, 0.25) is 10.0 Å². The van der Waals surface area contributed by atoms with Gasteiger partial charge in [0.15, 0.2) is 6.61 Å². The summed E-state index contributed by atoms with van der Waals surface area (Å²) in [7, 11) is 1.26. The van der Waals surface area contributed by atoms with Gasteiger partial charge in [-0.2, -0.15) is 0 Å². The summed E-state index contributed by atoms with van der Waals surface area (Å²) in [6.07, 6.45) is 1.13. The van der Waals surface area contributed by atoms with Crippen LogP contribution in [0.3, 0.4) is 0 Å². The molecule has 1 amide bonds. The summed E-state index contributed by atoms with van der Waals surface area (Å²) >= 11 is 0. The van der Waals surface area contributed by atoms with Crippen molar-refractivity contribution in [2.45, 2.75) is 13.0 Å². The smallest absolute Gasteiger partial charge is 0.258 e. The number of amides is 1. The Morgan fingerprint density at radius 3 is 2.24 bits per heavy atom. The summed E-state index contributed by atoms with van der Waals surface area (Å²) in [5.74, 6) is 1.46. The molecule has 0 aliphatic heterocycles. The maximum absolute atomic E-state index is 12.3. The fourth-order valence-electron chi connectivity index (χ4n) is 2.63. The molecule has 2 rings (SSSR count). The summed E-state index contributed by atoms with van der Waals surface area (Å²) in [6, 6.07) is 11.5. The summed E-state index contributed by atoms with van der Waals surface area (Å²) in [5, 5.41) is 2.85. The summed E-state index contributed by atoms with van der Waals surface area (Å²) in [5.41, 5.74) is 1.29. The van der Waals surface area contributed by atoms with E-state index in [1.165, 1.54) is 7.05 Å². The number of hydrogen-bond donors (Lipinski definition) is 1. The zero-order chi connectivity index (χ0) is 21.6. The zero-order valence-corrected chi connectivity index (χ0v) is 17.9. The Labute approximate surface area is 171 Å². The minimum Gasteiger partial charge on any atom is -0.497 e. The molecular formula is C20H26N2O6S. The minimum absolute atomic E-state index is 0.183. The van der Waals surface area contributed by atoms with Gasteiger partial charge in [-0.05, 0) is 49.4 Å². The highest BCUT2D eigenvalue weighted by Crippen LogP contribution is 2.29. The highest BCUT2D eigenvalue weighted by Gasteiger charge is 2.16. The van der Waals surface area contributed by atoms with Gasteiger partial charge in [0.25, 0.3) is 5.91 Å². The second kappa shape index (κ2) is 9.51. The Hall–Kier alpha value is -2.94. The number of anilines is 1. The monoisotopic (exact) mass is 422 g/mol. The number of rotatable bonds is 9. The summed E-state index contributed by atoms with van der Waals surface area (Å²) < 4.78 is 40.3. The molecular weight excluding hydrogens is 396 g/mol. The molecule has 0 fully saturated rings. The van der Waals surface area contributed by atoms with Crippen LogP contribution in [0.15, 0.2) is 42.5 Å². The summed E-state index contributed by atoms with van der Waals surface area (Å²) in [6.45, 7) is 1.66. The van der Waals surface area contributed by atoms with Crippen molar-refractivity contribution < 1.29 is 27.4 Å². The van der Waals surface area contributed by atoms with E-state index in [9.17, 15) is 13.2 Å². The van der Waals surface area contributed by atoms with Crippen LogP contribution in [-0.2, 0) is 14.8 Å². The third-order valence-electron chi connectivity index (χ3n) is 4.35. The number of hydrogen-bond acceptors (Lipinski definition) is 6. The predicted octanol–water partition coefficient (Wildman–Crippen LogP) is 2.36. The zero-order valence-electron chi connectivity index (χ0n) is 17.1. The van der Waals surface area contributed by atoms with E-state index in [0.29, 0.717) is 22.9 Å². The molecule has 2 aromatic rings. The SMILES string of the molecule is COc1ccc(OC)c([C@@H](C)NC(=O)COc2ccc(N(C)S(C)(=O)=O)cc2)c1. The first kappa shape index (κ1) is 22.4. The predicted molar refractivity (Wildman–Crippen MR) is 111 cm³/mol. The van der Waals surface area contributed by atoms with E-state index < -0.39 is 10.0 Å². The van der Waals surface area contributed by atoms with Crippen LogP contribution in [0.1, 0.15) is 18.5 Å². The van der Waals surface area contributed by atoms with Crippen molar-refractivity contribution in [1.29, 1.82) is 0 Å². The number of benzene rings is 2. The van der Waals surface area contributed by atoms with Crippen LogP contribution < -0.4 is 23.8 Å².